The maximum absolute atomic E-state index is 13.7. The molecule has 2 rings (SSSR count). The lowest BCUT2D eigenvalue weighted by molar-refractivity contribution is 0.219. The molecule has 1 aromatic rings. The van der Waals surface area contributed by atoms with Gasteiger partial charge in [0, 0.05) is 24.3 Å². The highest BCUT2D eigenvalue weighted by Crippen LogP contribution is 2.25. The Kier molecular flexibility index (Phi) is 4.18. The van der Waals surface area contributed by atoms with Crippen molar-refractivity contribution >= 4 is 11.6 Å². The summed E-state index contributed by atoms with van der Waals surface area (Å²) in [5.74, 6) is -0.268. The zero-order chi connectivity index (χ0) is 12.3. The summed E-state index contributed by atoms with van der Waals surface area (Å²) < 4.78 is 19.0. The molecule has 0 amide bonds. The summed E-state index contributed by atoms with van der Waals surface area (Å²) in [6.07, 6.45) is 4.02. The van der Waals surface area contributed by atoms with Crippen LogP contribution in [0.2, 0.25) is 0 Å². The molecule has 0 bridgehead atoms. The number of likely N-dealkylation sites (N-methyl/N-ethyl adjacent to an activating group) is 1. The maximum Gasteiger partial charge on any atom is 0.250 e. The molecule has 0 atom stereocenters. The van der Waals surface area contributed by atoms with Gasteiger partial charge in [0.1, 0.15) is 6.61 Å². The summed E-state index contributed by atoms with van der Waals surface area (Å²) in [4.78, 5) is 6.10. The first kappa shape index (κ1) is 12.6. The van der Waals surface area contributed by atoms with Crippen molar-refractivity contribution in [2.24, 2.45) is 0 Å². The van der Waals surface area contributed by atoms with E-state index in [9.17, 15) is 4.39 Å². The van der Waals surface area contributed by atoms with Crippen molar-refractivity contribution < 1.29 is 9.13 Å². The van der Waals surface area contributed by atoms with Crippen LogP contribution in [0, 0.1) is 5.82 Å². The van der Waals surface area contributed by atoms with E-state index >= 15 is 0 Å². The fourth-order valence-electron chi connectivity index (χ4n) is 1.65. The van der Waals surface area contributed by atoms with E-state index in [1.807, 2.05) is 0 Å². The minimum Gasteiger partial charge on any atom is -0.474 e. The van der Waals surface area contributed by atoms with Crippen molar-refractivity contribution in [1.82, 2.24) is 9.88 Å². The van der Waals surface area contributed by atoms with E-state index < -0.39 is 5.82 Å². The van der Waals surface area contributed by atoms with Crippen LogP contribution >= 0.6 is 11.6 Å². The van der Waals surface area contributed by atoms with Crippen LogP contribution in [0.4, 0.5) is 4.39 Å². The highest BCUT2D eigenvalue weighted by Gasteiger charge is 2.25. The quantitative estimate of drug-likeness (QED) is 0.733. The van der Waals surface area contributed by atoms with Crippen LogP contribution in [0.5, 0.6) is 5.88 Å². The second-order valence-corrected chi connectivity index (χ2v) is 4.55. The van der Waals surface area contributed by atoms with Crippen LogP contribution in [0.3, 0.4) is 0 Å². The van der Waals surface area contributed by atoms with Gasteiger partial charge in [-0.25, -0.2) is 9.37 Å². The number of pyridine rings is 1. The van der Waals surface area contributed by atoms with Gasteiger partial charge < -0.3 is 9.64 Å². The van der Waals surface area contributed by atoms with Crippen LogP contribution in [0.25, 0.3) is 0 Å². The Morgan fingerprint density at radius 1 is 1.59 bits per heavy atom. The van der Waals surface area contributed by atoms with Gasteiger partial charge in [-0.2, -0.15) is 0 Å². The number of alkyl halides is 1. The summed E-state index contributed by atoms with van der Waals surface area (Å²) in [6.45, 7) is 1.24. The second kappa shape index (κ2) is 5.65. The molecule has 1 aromatic heterocycles. The lowest BCUT2D eigenvalue weighted by Crippen LogP contribution is -2.26. The topological polar surface area (TPSA) is 25.4 Å². The molecule has 0 spiro atoms. The molecule has 17 heavy (non-hydrogen) atoms. The van der Waals surface area contributed by atoms with Crippen LogP contribution in [0.1, 0.15) is 18.4 Å². The Bertz CT molecular complexity index is 385. The molecule has 94 valence electrons. The van der Waals surface area contributed by atoms with Gasteiger partial charge in [0.25, 0.3) is 5.88 Å². The van der Waals surface area contributed by atoms with Gasteiger partial charge in [-0.1, -0.05) is 0 Å². The third kappa shape index (κ3) is 3.30. The Hall–Kier alpha value is -0.870. The fraction of sp³-hybridized carbons (Fsp3) is 0.583. The molecule has 1 heterocycles. The molecule has 0 radical (unpaired) electrons. The van der Waals surface area contributed by atoms with Gasteiger partial charge in [0.2, 0.25) is 0 Å². The van der Waals surface area contributed by atoms with E-state index in [1.54, 1.807) is 6.07 Å². The van der Waals surface area contributed by atoms with Gasteiger partial charge in [0.05, 0.1) is 5.88 Å². The molecule has 1 saturated carbocycles. The van der Waals surface area contributed by atoms with Gasteiger partial charge in [-0.15, -0.1) is 11.6 Å². The second-order valence-electron chi connectivity index (χ2n) is 4.28. The first-order chi connectivity index (χ1) is 8.22. The number of halogens is 2. The largest absolute Gasteiger partial charge is 0.474 e. The van der Waals surface area contributed by atoms with Gasteiger partial charge in [-0.05, 0) is 26.0 Å². The van der Waals surface area contributed by atoms with Crippen molar-refractivity contribution in [1.29, 1.82) is 0 Å². The molecule has 3 nitrogen and oxygen atoms in total. The average molecular weight is 259 g/mol. The van der Waals surface area contributed by atoms with E-state index in [0.717, 1.165) is 6.54 Å². The van der Waals surface area contributed by atoms with Gasteiger partial charge >= 0.3 is 0 Å². The summed E-state index contributed by atoms with van der Waals surface area (Å²) in [6, 6.07) is 2.25. The smallest absolute Gasteiger partial charge is 0.250 e. The molecule has 1 aliphatic carbocycles. The number of ether oxygens (including phenoxy) is 1. The highest BCUT2D eigenvalue weighted by molar-refractivity contribution is 6.17. The molecule has 1 fully saturated rings. The average Bonchev–Trinajstić information content (AvgIpc) is 3.15. The Morgan fingerprint density at radius 3 is 3.00 bits per heavy atom. The predicted molar refractivity (Wildman–Crippen MR) is 64.9 cm³/mol. The molecule has 0 saturated heterocycles. The van der Waals surface area contributed by atoms with Crippen molar-refractivity contribution in [3.63, 3.8) is 0 Å². The number of hydrogen-bond donors (Lipinski definition) is 0. The monoisotopic (exact) mass is 258 g/mol. The standard InChI is InChI=1S/C12H16ClFN2O/c1-16(10-2-3-10)6-7-17-12-11(14)9(8-13)4-5-15-12/h4-5,10H,2-3,6-8H2,1H3. The Balaban J connectivity index is 1.85. The van der Waals surface area contributed by atoms with E-state index in [2.05, 4.69) is 16.9 Å². The van der Waals surface area contributed by atoms with Crippen LogP contribution in [0.15, 0.2) is 12.3 Å². The van der Waals surface area contributed by atoms with E-state index in [1.165, 1.54) is 19.0 Å². The first-order valence-electron chi connectivity index (χ1n) is 5.74. The molecular formula is C12H16ClFN2O. The Morgan fingerprint density at radius 2 is 2.35 bits per heavy atom. The molecule has 5 heteroatoms. The number of rotatable bonds is 6. The van der Waals surface area contributed by atoms with Crippen LogP contribution < -0.4 is 4.74 Å². The molecule has 0 aliphatic heterocycles. The molecule has 0 unspecified atom stereocenters. The van der Waals surface area contributed by atoms with Crippen molar-refractivity contribution in [2.45, 2.75) is 24.8 Å². The molecular weight excluding hydrogens is 243 g/mol. The zero-order valence-corrected chi connectivity index (χ0v) is 10.6. The fourth-order valence-corrected chi connectivity index (χ4v) is 1.86. The lowest BCUT2D eigenvalue weighted by atomic mass is 10.3. The summed E-state index contributed by atoms with van der Waals surface area (Å²) >= 11 is 5.61. The van der Waals surface area contributed by atoms with Gasteiger partial charge in [-0.3, -0.25) is 0 Å². The SMILES string of the molecule is CN(CCOc1nccc(CCl)c1F)C1CC1. The molecule has 0 N–H and O–H groups in total. The van der Waals surface area contributed by atoms with Crippen LogP contribution in [-0.4, -0.2) is 36.1 Å². The minimum atomic E-state index is -0.448. The lowest BCUT2D eigenvalue weighted by Gasteiger charge is -2.15. The third-order valence-electron chi connectivity index (χ3n) is 2.93. The highest BCUT2D eigenvalue weighted by atomic mass is 35.5. The predicted octanol–water partition coefficient (Wildman–Crippen LogP) is 2.43. The Labute approximate surface area is 106 Å². The zero-order valence-electron chi connectivity index (χ0n) is 9.83. The van der Waals surface area contributed by atoms with Gasteiger partial charge in [0.15, 0.2) is 5.82 Å². The third-order valence-corrected chi connectivity index (χ3v) is 3.22. The van der Waals surface area contributed by atoms with Crippen molar-refractivity contribution in [3.8, 4) is 5.88 Å². The minimum absolute atomic E-state index is 0.0485. The van der Waals surface area contributed by atoms with E-state index in [-0.39, 0.29) is 11.8 Å². The summed E-state index contributed by atoms with van der Waals surface area (Å²) in [7, 11) is 2.06. The first-order valence-corrected chi connectivity index (χ1v) is 6.28. The number of nitrogens with zero attached hydrogens (tertiary/aromatic N) is 2. The normalized spacial score (nSPS) is 15.3. The van der Waals surface area contributed by atoms with E-state index in [4.69, 9.17) is 16.3 Å². The number of hydrogen-bond acceptors (Lipinski definition) is 3. The summed E-state index contributed by atoms with van der Waals surface area (Å²) in [5, 5.41) is 0. The van der Waals surface area contributed by atoms with Crippen molar-refractivity contribution in [2.75, 3.05) is 20.2 Å². The molecule has 1 aliphatic rings. The van der Waals surface area contributed by atoms with Crippen LogP contribution in [-0.2, 0) is 5.88 Å². The van der Waals surface area contributed by atoms with Crippen molar-refractivity contribution in [3.05, 3.63) is 23.6 Å². The molecule has 0 aromatic carbocycles. The van der Waals surface area contributed by atoms with E-state index in [0.29, 0.717) is 18.2 Å². The number of aromatic nitrogens is 1. The summed E-state index contributed by atoms with van der Waals surface area (Å²) in [5.41, 5.74) is 0.423. The maximum atomic E-state index is 13.7.